The summed E-state index contributed by atoms with van der Waals surface area (Å²) in [7, 11) is -3.50. The molecule has 1 heterocycles. The number of sulfonamides is 1. The monoisotopic (exact) mass is 290 g/mol. The predicted molar refractivity (Wildman–Crippen MR) is 72.6 cm³/mol. The van der Waals surface area contributed by atoms with Gasteiger partial charge in [0.15, 0.2) is 0 Å². The molecule has 0 unspecified atom stereocenters. The molecule has 7 heteroatoms. The SMILES string of the molecule is NC(=S)C1(NS(=O)(=O)c2cccs2)CCCC1. The quantitative estimate of drug-likeness (QED) is 0.827. The third-order valence-corrected chi connectivity index (χ3v) is 6.34. The van der Waals surface area contributed by atoms with E-state index >= 15 is 0 Å². The molecule has 1 saturated carbocycles. The summed E-state index contributed by atoms with van der Waals surface area (Å²) in [4.78, 5) is 0.245. The van der Waals surface area contributed by atoms with Gasteiger partial charge >= 0.3 is 0 Å². The molecule has 1 fully saturated rings. The first kappa shape index (κ1) is 12.9. The summed E-state index contributed by atoms with van der Waals surface area (Å²) in [5.74, 6) is 0. The van der Waals surface area contributed by atoms with Crippen molar-refractivity contribution in [3.05, 3.63) is 17.5 Å². The van der Waals surface area contributed by atoms with Crippen LogP contribution in [0.25, 0.3) is 0 Å². The molecule has 3 N–H and O–H groups in total. The Labute approximate surface area is 110 Å². The van der Waals surface area contributed by atoms with Crippen LogP contribution >= 0.6 is 23.6 Å². The molecule has 1 aromatic heterocycles. The molecule has 1 aliphatic rings. The Morgan fingerprint density at radius 2 is 2.12 bits per heavy atom. The highest BCUT2D eigenvalue weighted by molar-refractivity contribution is 7.91. The van der Waals surface area contributed by atoms with Crippen LogP contribution in [-0.2, 0) is 10.0 Å². The van der Waals surface area contributed by atoms with Gasteiger partial charge in [0.2, 0.25) is 0 Å². The van der Waals surface area contributed by atoms with Crippen molar-refractivity contribution in [1.82, 2.24) is 4.72 Å². The average molecular weight is 290 g/mol. The fourth-order valence-corrected chi connectivity index (χ4v) is 4.85. The molecule has 0 aromatic carbocycles. The molecule has 2 rings (SSSR count). The summed E-state index contributed by atoms with van der Waals surface area (Å²) < 4.78 is 27.3. The van der Waals surface area contributed by atoms with E-state index < -0.39 is 15.6 Å². The van der Waals surface area contributed by atoms with Crippen molar-refractivity contribution in [2.75, 3.05) is 0 Å². The molecule has 1 aliphatic carbocycles. The topological polar surface area (TPSA) is 72.2 Å². The Hall–Kier alpha value is -0.500. The lowest BCUT2D eigenvalue weighted by Crippen LogP contribution is -2.54. The largest absolute Gasteiger partial charge is 0.392 e. The summed E-state index contributed by atoms with van der Waals surface area (Å²) in [5, 5.41) is 1.73. The van der Waals surface area contributed by atoms with Crippen LogP contribution in [0.15, 0.2) is 21.7 Å². The highest BCUT2D eigenvalue weighted by atomic mass is 32.2. The van der Waals surface area contributed by atoms with E-state index in [0.29, 0.717) is 17.1 Å². The van der Waals surface area contributed by atoms with Gasteiger partial charge < -0.3 is 5.73 Å². The number of nitrogens with one attached hydrogen (secondary N) is 1. The summed E-state index contributed by atoms with van der Waals surface area (Å²) in [6, 6.07) is 3.29. The van der Waals surface area contributed by atoms with Crippen LogP contribution in [0.2, 0.25) is 0 Å². The van der Waals surface area contributed by atoms with Crippen molar-refractivity contribution in [2.24, 2.45) is 5.73 Å². The van der Waals surface area contributed by atoms with Gasteiger partial charge in [-0.1, -0.05) is 31.1 Å². The molecule has 0 amide bonds. The lowest BCUT2D eigenvalue weighted by molar-refractivity contribution is 0.504. The van der Waals surface area contributed by atoms with Crippen LogP contribution in [0.5, 0.6) is 0 Å². The third kappa shape index (κ3) is 2.52. The van der Waals surface area contributed by atoms with Crippen LogP contribution < -0.4 is 10.5 Å². The lowest BCUT2D eigenvalue weighted by atomic mass is 10.00. The first-order valence-electron chi connectivity index (χ1n) is 5.34. The molecule has 0 radical (unpaired) electrons. The van der Waals surface area contributed by atoms with E-state index in [2.05, 4.69) is 4.72 Å². The van der Waals surface area contributed by atoms with Gasteiger partial charge in [-0.3, -0.25) is 0 Å². The smallest absolute Gasteiger partial charge is 0.250 e. The van der Waals surface area contributed by atoms with Crippen LogP contribution in [0, 0.1) is 0 Å². The highest BCUT2D eigenvalue weighted by Crippen LogP contribution is 2.32. The summed E-state index contributed by atoms with van der Waals surface area (Å²) in [6.45, 7) is 0. The molecule has 0 atom stereocenters. The van der Waals surface area contributed by atoms with Gasteiger partial charge in [0.1, 0.15) is 4.21 Å². The van der Waals surface area contributed by atoms with Gasteiger partial charge in [-0.2, -0.15) is 4.72 Å². The normalized spacial score (nSPS) is 19.3. The molecular weight excluding hydrogens is 276 g/mol. The van der Waals surface area contributed by atoms with Crippen LogP contribution in [0.3, 0.4) is 0 Å². The molecule has 0 spiro atoms. The molecule has 4 nitrogen and oxygen atoms in total. The summed E-state index contributed by atoms with van der Waals surface area (Å²) in [6.07, 6.45) is 3.27. The van der Waals surface area contributed by atoms with E-state index in [9.17, 15) is 8.42 Å². The number of rotatable bonds is 4. The number of nitrogens with two attached hydrogens (primary N) is 1. The minimum atomic E-state index is -3.50. The Bertz CT molecular complexity index is 502. The number of hydrogen-bond donors (Lipinski definition) is 2. The zero-order valence-corrected chi connectivity index (χ0v) is 11.6. The summed E-state index contributed by atoms with van der Waals surface area (Å²) >= 11 is 6.21. The van der Waals surface area contributed by atoms with Crippen LogP contribution in [0.4, 0.5) is 0 Å². The van der Waals surface area contributed by atoms with Gasteiger partial charge in [-0.25, -0.2) is 8.42 Å². The minimum absolute atomic E-state index is 0.245. The second-order valence-electron chi connectivity index (χ2n) is 4.19. The molecular formula is C10H14N2O2S3. The molecule has 1 aromatic rings. The third-order valence-electron chi connectivity index (χ3n) is 3.02. The first-order valence-corrected chi connectivity index (χ1v) is 8.11. The standard InChI is InChI=1S/C10H14N2O2S3/c11-9(15)10(5-1-2-6-10)12-17(13,14)8-4-3-7-16-8/h3-4,7,12H,1-2,5-6H2,(H2,11,15). The number of thiophene rings is 1. The Kier molecular flexibility index (Phi) is 3.53. The van der Waals surface area contributed by atoms with Gasteiger partial charge in [0.25, 0.3) is 10.0 Å². The van der Waals surface area contributed by atoms with E-state index in [0.717, 1.165) is 12.8 Å². The maximum absolute atomic E-state index is 12.1. The zero-order valence-electron chi connectivity index (χ0n) is 9.18. The molecule has 94 valence electrons. The second kappa shape index (κ2) is 4.64. The van der Waals surface area contributed by atoms with Gasteiger partial charge in [0, 0.05) is 0 Å². The average Bonchev–Trinajstić information content (AvgIpc) is 2.86. The minimum Gasteiger partial charge on any atom is -0.392 e. The first-order chi connectivity index (χ1) is 7.96. The van der Waals surface area contributed by atoms with Crippen LogP contribution in [-0.4, -0.2) is 18.9 Å². The van der Waals surface area contributed by atoms with Crippen molar-refractivity contribution in [2.45, 2.75) is 35.4 Å². The fourth-order valence-electron chi connectivity index (χ4n) is 2.10. The van der Waals surface area contributed by atoms with Crippen molar-refractivity contribution in [1.29, 1.82) is 0 Å². The van der Waals surface area contributed by atoms with E-state index in [-0.39, 0.29) is 4.99 Å². The van der Waals surface area contributed by atoms with E-state index in [4.69, 9.17) is 18.0 Å². The second-order valence-corrected chi connectivity index (χ2v) is 7.49. The predicted octanol–water partition coefficient (Wildman–Crippen LogP) is 1.63. The van der Waals surface area contributed by atoms with E-state index in [1.54, 1.807) is 17.5 Å². The molecule has 0 saturated heterocycles. The van der Waals surface area contributed by atoms with Gasteiger partial charge in [-0.15, -0.1) is 11.3 Å². The van der Waals surface area contributed by atoms with Crippen molar-refractivity contribution in [3.8, 4) is 0 Å². The Balaban J connectivity index is 2.28. The van der Waals surface area contributed by atoms with Crippen molar-refractivity contribution >= 4 is 38.6 Å². The lowest BCUT2D eigenvalue weighted by Gasteiger charge is -2.28. The van der Waals surface area contributed by atoms with Crippen molar-refractivity contribution < 1.29 is 8.42 Å². The van der Waals surface area contributed by atoms with E-state index in [1.165, 1.54) is 11.3 Å². The van der Waals surface area contributed by atoms with E-state index in [1.807, 2.05) is 0 Å². The van der Waals surface area contributed by atoms with Gasteiger partial charge in [0.05, 0.1) is 10.5 Å². The number of thiocarbonyl (C=S) groups is 1. The Morgan fingerprint density at radius 3 is 2.59 bits per heavy atom. The Morgan fingerprint density at radius 1 is 1.47 bits per heavy atom. The summed E-state index contributed by atoms with van der Waals surface area (Å²) in [5.41, 5.74) is 4.98. The maximum Gasteiger partial charge on any atom is 0.250 e. The maximum atomic E-state index is 12.1. The highest BCUT2D eigenvalue weighted by Gasteiger charge is 2.40. The molecule has 0 bridgehead atoms. The number of hydrogen-bond acceptors (Lipinski definition) is 4. The van der Waals surface area contributed by atoms with Crippen LogP contribution in [0.1, 0.15) is 25.7 Å². The fraction of sp³-hybridized carbons (Fsp3) is 0.500. The zero-order chi connectivity index (χ0) is 12.5. The molecule has 0 aliphatic heterocycles. The van der Waals surface area contributed by atoms with Gasteiger partial charge in [-0.05, 0) is 24.3 Å². The van der Waals surface area contributed by atoms with Crippen molar-refractivity contribution in [3.63, 3.8) is 0 Å². The molecule has 17 heavy (non-hydrogen) atoms.